The summed E-state index contributed by atoms with van der Waals surface area (Å²) in [7, 11) is 0. The van der Waals surface area contributed by atoms with Gasteiger partial charge in [0, 0.05) is 12.6 Å². The Morgan fingerprint density at radius 3 is 2.53 bits per heavy atom. The molecular weight excluding hydrogens is 264 g/mol. The molecule has 1 aliphatic carbocycles. The van der Waals surface area contributed by atoms with E-state index < -0.39 is 0 Å². The number of nitrogens with one attached hydrogen (secondary N) is 1. The fraction of sp³-hybridized carbons (Fsp3) is 0.929. The van der Waals surface area contributed by atoms with Gasteiger partial charge in [-0.15, -0.1) is 12.4 Å². The third kappa shape index (κ3) is 5.67. The number of piperidine rings is 1. The molecule has 0 aromatic heterocycles. The summed E-state index contributed by atoms with van der Waals surface area (Å²) in [4.78, 5) is 14.3. The zero-order chi connectivity index (χ0) is 12.8. The van der Waals surface area contributed by atoms with E-state index in [0.29, 0.717) is 6.04 Å². The van der Waals surface area contributed by atoms with Gasteiger partial charge >= 0.3 is 0 Å². The van der Waals surface area contributed by atoms with Gasteiger partial charge in [0.05, 0.1) is 6.61 Å². The van der Waals surface area contributed by atoms with Crippen LogP contribution in [0.4, 0.5) is 0 Å². The SMILES string of the molecule is CCCN(C(=O)COCC1CC1)C1CCNCC1.Cl. The van der Waals surface area contributed by atoms with Crippen LogP contribution < -0.4 is 5.32 Å². The second-order valence-electron chi connectivity index (χ2n) is 5.53. The van der Waals surface area contributed by atoms with Crippen molar-refractivity contribution in [3.05, 3.63) is 0 Å². The van der Waals surface area contributed by atoms with Gasteiger partial charge in [-0.05, 0) is 51.1 Å². The molecule has 19 heavy (non-hydrogen) atoms. The molecule has 112 valence electrons. The number of hydrogen-bond acceptors (Lipinski definition) is 3. The highest BCUT2D eigenvalue weighted by atomic mass is 35.5. The highest BCUT2D eigenvalue weighted by Gasteiger charge is 2.26. The van der Waals surface area contributed by atoms with Gasteiger partial charge in [0.25, 0.3) is 0 Å². The van der Waals surface area contributed by atoms with Gasteiger partial charge < -0.3 is 15.0 Å². The van der Waals surface area contributed by atoms with Crippen LogP contribution in [0, 0.1) is 5.92 Å². The molecule has 1 amide bonds. The predicted octanol–water partition coefficient (Wildman–Crippen LogP) is 1.83. The first kappa shape index (κ1) is 16.7. The van der Waals surface area contributed by atoms with Crippen molar-refractivity contribution >= 4 is 18.3 Å². The monoisotopic (exact) mass is 290 g/mol. The predicted molar refractivity (Wildman–Crippen MR) is 78.7 cm³/mol. The van der Waals surface area contributed by atoms with Crippen LogP contribution in [0.25, 0.3) is 0 Å². The first-order valence-electron chi connectivity index (χ1n) is 7.39. The van der Waals surface area contributed by atoms with Gasteiger partial charge in [0.15, 0.2) is 0 Å². The van der Waals surface area contributed by atoms with Crippen molar-refractivity contribution in [2.45, 2.75) is 45.1 Å². The highest BCUT2D eigenvalue weighted by Crippen LogP contribution is 2.28. The standard InChI is InChI=1S/C14H26N2O2.ClH/c1-2-9-16(13-5-7-15-8-6-13)14(17)11-18-10-12-3-4-12;/h12-13,15H,2-11H2,1H3;1H. The average molecular weight is 291 g/mol. The Balaban J connectivity index is 0.00000180. The van der Waals surface area contributed by atoms with E-state index in [4.69, 9.17) is 4.74 Å². The summed E-state index contributed by atoms with van der Waals surface area (Å²) < 4.78 is 5.53. The molecule has 4 nitrogen and oxygen atoms in total. The van der Waals surface area contributed by atoms with E-state index in [0.717, 1.165) is 51.4 Å². The number of rotatable bonds is 7. The molecule has 2 aliphatic rings. The van der Waals surface area contributed by atoms with Gasteiger partial charge in [-0.2, -0.15) is 0 Å². The summed E-state index contributed by atoms with van der Waals surface area (Å²) >= 11 is 0. The van der Waals surface area contributed by atoms with E-state index in [-0.39, 0.29) is 24.9 Å². The normalized spacial score (nSPS) is 19.8. The quantitative estimate of drug-likeness (QED) is 0.778. The molecule has 0 unspecified atom stereocenters. The Bertz CT molecular complexity index is 266. The van der Waals surface area contributed by atoms with Crippen molar-refractivity contribution in [2.75, 3.05) is 32.8 Å². The van der Waals surface area contributed by atoms with Crippen LogP contribution >= 0.6 is 12.4 Å². The van der Waals surface area contributed by atoms with Crippen molar-refractivity contribution in [1.29, 1.82) is 0 Å². The third-order valence-electron chi connectivity index (χ3n) is 3.81. The van der Waals surface area contributed by atoms with Crippen molar-refractivity contribution < 1.29 is 9.53 Å². The van der Waals surface area contributed by atoms with Gasteiger partial charge in [0.2, 0.25) is 5.91 Å². The third-order valence-corrected chi connectivity index (χ3v) is 3.81. The van der Waals surface area contributed by atoms with E-state index in [2.05, 4.69) is 12.2 Å². The molecule has 0 aromatic carbocycles. The Labute approximate surface area is 122 Å². The topological polar surface area (TPSA) is 41.6 Å². The average Bonchev–Trinajstić information content (AvgIpc) is 3.21. The van der Waals surface area contributed by atoms with E-state index in [9.17, 15) is 4.79 Å². The molecule has 0 radical (unpaired) electrons. The van der Waals surface area contributed by atoms with Crippen LogP contribution in [0.15, 0.2) is 0 Å². The molecule has 1 saturated carbocycles. The number of halogens is 1. The zero-order valence-corrected chi connectivity index (χ0v) is 12.7. The lowest BCUT2D eigenvalue weighted by molar-refractivity contribution is -0.139. The fourth-order valence-electron chi connectivity index (χ4n) is 2.55. The Morgan fingerprint density at radius 2 is 1.95 bits per heavy atom. The molecule has 2 fully saturated rings. The lowest BCUT2D eigenvalue weighted by atomic mass is 10.0. The van der Waals surface area contributed by atoms with Crippen LogP contribution in [-0.4, -0.2) is 49.7 Å². The molecule has 1 saturated heterocycles. The van der Waals surface area contributed by atoms with E-state index in [1.54, 1.807) is 0 Å². The molecule has 0 aromatic rings. The highest BCUT2D eigenvalue weighted by molar-refractivity contribution is 5.85. The summed E-state index contributed by atoms with van der Waals surface area (Å²) in [5.74, 6) is 0.917. The summed E-state index contributed by atoms with van der Waals surface area (Å²) in [6.45, 7) is 6.11. The second-order valence-corrected chi connectivity index (χ2v) is 5.53. The molecule has 1 N–H and O–H groups in total. The molecule has 0 spiro atoms. The number of ether oxygens (including phenoxy) is 1. The fourth-order valence-corrected chi connectivity index (χ4v) is 2.55. The lowest BCUT2D eigenvalue weighted by Gasteiger charge is -2.34. The molecule has 1 aliphatic heterocycles. The summed E-state index contributed by atoms with van der Waals surface area (Å²) in [6, 6.07) is 0.420. The van der Waals surface area contributed by atoms with Crippen LogP contribution in [0.2, 0.25) is 0 Å². The first-order chi connectivity index (χ1) is 8.81. The largest absolute Gasteiger partial charge is 0.371 e. The number of amides is 1. The smallest absolute Gasteiger partial charge is 0.248 e. The number of hydrogen-bond donors (Lipinski definition) is 1. The summed E-state index contributed by atoms with van der Waals surface area (Å²) in [6.07, 6.45) is 5.74. The van der Waals surface area contributed by atoms with Gasteiger partial charge in [-0.3, -0.25) is 4.79 Å². The van der Waals surface area contributed by atoms with Gasteiger partial charge in [-0.25, -0.2) is 0 Å². The molecule has 5 heteroatoms. The minimum absolute atomic E-state index is 0. The second kappa shape index (κ2) is 8.77. The molecule has 0 bridgehead atoms. The van der Waals surface area contributed by atoms with Gasteiger partial charge in [0.1, 0.15) is 6.61 Å². The van der Waals surface area contributed by atoms with Gasteiger partial charge in [-0.1, -0.05) is 6.92 Å². The van der Waals surface area contributed by atoms with Crippen molar-refractivity contribution in [2.24, 2.45) is 5.92 Å². The lowest BCUT2D eigenvalue weighted by Crippen LogP contribution is -2.47. The maximum absolute atomic E-state index is 12.2. The maximum Gasteiger partial charge on any atom is 0.248 e. The molecule has 0 atom stereocenters. The number of carbonyl (C=O) groups is 1. The number of nitrogens with zero attached hydrogens (tertiary/aromatic N) is 1. The van der Waals surface area contributed by atoms with Crippen LogP contribution in [-0.2, 0) is 9.53 Å². The zero-order valence-electron chi connectivity index (χ0n) is 11.9. The van der Waals surface area contributed by atoms with E-state index in [1.807, 2.05) is 4.90 Å². The van der Waals surface area contributed by atoms with Crippen molar-refractivity contribution in [3.8, 4) is 0 Å². The Hall–Kier alpha value is -0.320. The summed E-state index contributed by atoms with van der Waals surface area (Å²) in [5.41, 5.74) is 0. The van der Waals surface area contributed by atoms with Crippen LogP contribution in [0.5, 0.6) is 0 Å². The molecule has 1 heterocycles. The van der Waals surface area contributed by atoms with Crippen LogP contribution in [0.1, 0.15) is 39.0 Å². The Kier molecular flexibility index (Phi) is 7.73. The molecule has 2 rings (SSSR count). The minimum atomic E-state index is 0. The molecular formula is C14H27ClN2O2. The minimum Gasteiger partial charge on any atom is -0.371 e. The number of carbonyl (C=O) groups excluding carboxylic acids is 1. The first-order valence-corrected chi connectivity index (χ1v) is 7.39. The van der Waals surface area contributed by atoms with E-state index >= 15 is 0 Å². The summed E-state index contributed by atoms with van der Waals surface area (Å²) in [5, 5.41) is 3.35. The van der Waals surface area contributed by atoms with E-state index in [1.165, 1.54) is 12.8 Å². The van der Waals surface area contributed by atoms with Crippen LogP contribution in [0.3, 0.4) is 0 Å². The Morgan fingerprint density at radius 1 is 1.26 bits per heavy atom. The maximum atomic E-state index is 12.2. The van der Waals surface area contributed by atoms with Crippen molar-refractivity contribution in [3.63, 3.8) is 0 Å². The van der Waals surface area contributed by atoms with Crippen molar-refractivity contribution in [1.82, 2.24) is 10.2 Å².